The molecule has 0 bridgehead atoms. The standard InChI is InChI=1S/C9H16O3S/c1-3-4-6-12-9(11)5-7-13-8(2)10/h3-7H2,1-2H3. The summed E-state index contributed by atoms with van der Waals surface area (Å²) in [5.41, 5.74) is 0. The second-order valence-electron chi connectivity index (χ2n) is 2.66. The Morgan fingerprint density at radius 1 is 1.38 bits per heavy atom. The Hall–Kier alpha value is -0.510. The van der Waals surface area contributed by atoms with E-state index in [-0.39, 0.29) is 11.1 Å². The lowest BCUT2D eigenvalue weighted by Crippen LogP contribution is -2.07. The first kappa shape index (κ1) is 12.5. The van der Waals surface area contributed by atoms with Crippen molar-refractivity contribution in [1.29, 1.82) is 0 Å². The SMILES string of the molecule is CCCCOC(=O)CCSC(C)=O. The van der Waals surface area contributed by atoms with E-state index in [9.17, 15) is 9.59 Å². The van der Waals surface area contributed by atoms with Gasteiger partial charge in [0.2, 0.25) is 0 Å². The Balaban J connectivity index is 3.25. The van der Waals surface area contributed by atoms with Crippen molar-refractivity contribution in [1.82, 2.24) is 0 Å². The van der Waals surface area contributed by atoms with E-state index in [0.717, 1.165) is 24.6 Å². The van der Waals surface area contributed by atoms with E-state index in [0.29, 0.717) is 18.8 Å². The normalized spacial score (nSPS) is 9.69. The number of hydrogen-bond acceptors (Lipinski definition) is 4. The predicted octanol–water partition coefficient (Wildman–Crippen LogP) is 2.00. The molecule has 0 amide bonds. The van der Waals surface area contributed by atoms with E-state index in [1.54, 1.807) is 0 Å². The van der Waals surface area contributed by atoms with Crippen molar-refractivity contribution in [2.75, 3.05) is 12.4 Å². The number of rotatable bonds is 6. The molecule has 76 valence electrons. The van der Waals surface area contributed by atoms with Crippen molar-refractivity contribution >= 4 is 22.8 Å². The molecule has 0 aromatic heterocycles. The van der Waals surface area contributed by atoms with Gasteiger partial charge in [-0.25, -0.2) is 0 Å². The van der Waals surface area contributed by atoms with Gasteiger partial charge in [0.15, 0.2) is 5.12 Å². The topological polar surface area (TPSA) is 43.4 Å². The average Bonchev–Trinajstić information content (AvgIpc) is 2.04. The third kappa shape index (κ3) is 9.40. The molecule has 3 nitrogen and oxygen atoms in total. The van der Waals surface area contributed by atoms with Gasteiger partial charge >= 0.3 is 5.97 Å². The van der Waals surface area contributed by atoms with Crippen molar-refractivity contribution in [2.24, 2.45) is 0 Å². The Morgan fingerprint density at radius 3 is 2.62 bits per heavy atom. The third-order valence-corrected chi connectivity index (χ3v) is 2.19. The molecule has 0 heterocycles. The van der Waals surface area contributed by atoms with Gasteiger partial charge in [0.1, 0.15) is 0 Å². The van der Waals surface area contributed by atoms with E-state index >= 15 is 0 Å². The van der Waals surface area contributed by atoms with Gasteiger partial charge in [-0.15, -0.1) is 0 Å². The zero-order valence-corrected chi connectivity index (χ0v) is 8.99. The fraction of sp³-hybridized carbons (Fsp3) is 0.778. The lowest BCUT2D eigenvalue weighted by Gasteiger charge is -2.02. The first-order valence-electron chi connectivity index (χ1n) is 4.45. The maximum absolute atomic E-state index is 11.0. The summed E-state index contributed by atoms with van der Waals surface area (Å²) in [5.74, 6) is 0.322. The molecule has 0 N–H and O–H groups in total. The maximum atomic E-state index is 11.0. The number of carbonyl (C=O) groups is 2. The largest absolute Gasteiger partial charge is 0.466 e. The number of unbranched alkanes of at least 4 members (excludes halogenated alkanes) is 1. The van der Waals surface area contributed by atoms with Crippen LogP contribution in [0.1, 0.15) is 33.1 Å². The minimum Gasteiger partial charge on any atom is -0.466 e. The number of thioether (sulfide) groups is 1. The summed E-state index contributed by atoms with van der Waals surface area (Å²) >= 11 is 1.16. The molecular weight excluding hydrogens is 188 g/mol. The van der Waals surface area contributed by atoms with Crippen molar-refractivity contribution in [3.63, 3.8) is 0 Å². The third-order valence-electron chi connectivity index (χ3n) is 1.37. The van der Waals surface area contributed by atoms with Crippen molar-refractivity contribution in [3.8, 4) is 0 Å². The van der Waals surface area contributed by atoms with Crippen molar-refractivity contribution in [2.45, 2.75) is 33.1 Å². The first-order chi connectivity index (χ1) is 6.16. The molecular formula is C9H16O3S. The Morgan fingerprint density at radius 2 is 2.08 bits per heavy atom. The molecule has 0 aromatic carbocycles. The monoisotopic (exact) mass is 204 g/mol. The lowest BCUT2D eigenvalue weighted by atomic mass is 10.4. The molecule has 0 saturated carbocycles. The summed E-state index contributed by atoms with van der Waals surface area (Å²) in [5, 5.41) is 0.0429. The van der Waals surface area contributed by atoms with Gasteiger partial charge in [0, 0.05) is 12.7 Å². The highest BCUT2D eigenvalue weighted by Crippen LogP contribution is 2.04. The highest BCUT2D eigenvalue weighted by atomic mass is 32.2. The number of ether oxygens (including phenoxy) is 1. The number of esters is 1. The Kier molecular flexibility index (Phi) is 7.79. The van der Waals surface area contributed by atoms with Gasteiger partial charge < -0.3 is 4.74 Å². The second kappa shape index (κ2) is 8.10. The maximum Gasteiger partial charge on any atom is 0.306 e. The quantitative estimate of drug-likeness (QED) is 0.490. The van der Waals surface area contributed by atoms with Gasteiger partial charge in [-0.05, 0) is 6.42 Å². The van der Waals surface area contributed by atoms with Gasteiger partial charge in [0.05, 0.1) is 13.0 Å². The van der Waals surface area contributed by atoms with Crippen LogP contribution in [0.2, 0.25) is 0 Å². The summed E-state index contributed by atoms with van der Waals surface area (Å²) in [6.07, 6.45) is 2.26. The number of carbonyl (C=O) groups excluding carboxylic acids is 2. The molecule has 0 rings (SSSR count). The van der Waals surface area contributed by atoms with Crippen molar-refractivity contribution in [3.05, 3.63) is 0 Å². The molecule has 13 heavy (non-hydrogen) atoms. The smallest absolute Gasteiger partial charge is 0.306 e. The first-order valence-corrected chi connectivity index (χ1v) is 5.44. The Bertz CT molecular complexity index is 168. The summed E-state index contributed by atoms with van der Waals surface area (Å²) in [4.78, 5) is 21.4. The summed E-state index contributed by atoms with van der Waals surface area (Å²) < 4.78 is 4.90. The lowest BCUT2D eigenvalue weighted by molar-refractivity contribution is -0.143. The van der Waals surface area contributed by atoms with E-state index in [2.05, 4.69) is 0 Å². The van der Waals surface area contributed by atoms with Crippen LogP contribution in [-0.4, -0.2) is 23.4 Å². The highest BCUT2D eigenvalue weighted by Gasteiger charge is 2.03. The van der Waals surface area contributed by atoms with Gasteiger partial charge in [-0.1, -0.05) is 25.1 Å². The fourth-order valence-corrected chi connectivity index (χ4v) is 1.24. The molecule has 0 unspecified atom stereocenters. The highest BCUT2D eigenvalue weighted by molar-refractivity contribution is 8.13. The molecule has 0 aliphatic heterocycles. The van der Waals surface area contributed by atoms with Gasteiger partial charge in [-0.2, -0.15) is 0 Å². The molecule has 0 radical (unpaired) electrons. The molecule has 0 aliphatic rings. The molecule has 0 saturated heterocycles. The zero-order valence-electron chi connectivity index (χ0n) is 8.17. The van der Waals surface area contributed by atoms with Crippen LogP contribution in [0.4, 0.5) is 0 Å². The van der Waals surface area contributed by atoms with E-state index in [4.69, 9.17) is 4.74 Å². The van der Waals surface area contributed by atoms with Crippen molar-refractivity contribution < 1.29 is 14.3 Å². The van der Waals surface area contributed by atoms with Crippen LogP contribution in [0, 0.1) is 0 Å². The van der Waals surface area contributed by atoms with E-state index in [1.165, 1.54) is 6.92 Å². The molecule has 0 spiro atoms. The molecule has 0 fully saturated rings. The van der Waals surface area contributed by atoms with Crippen LogP contribution in [0.15, 0.2) is 0 Å². The minimum atomic E-state index is -0.206. The summed E-state index contributed by atoms with van der Waals surface area (Å²) in [7, 11) is 0. The van der Waals surface area contributed by atoms with E-state index in [1.807, 2.05) is 6.92 Å². The van der Waals surface area contributed by atoms with Crippen LogP contribution in [0.25, 0.3) is 0 Å². The summed E-state index contributed by atoms with van der Waals surface area (Å²) in [6.45, 7) is 4.03. The minimum absolute atomic E-state index is 0.0429. The van der Waals surface area contributed by atoms with Gasteiger partial charge in [0.25, 0.3) is 0 Å². The summed E-state index contributed by atoms with van der Waals surface area (Å²) in [6, 6.07) is 0. The molecule has 0 atom stereocenters. The average molecular weight is 204 g/mol. The van der Waals surface area contributed by atoms with Crippen LogP contribution < -0.4 is 0 Å². The zero-order chi connectivity index (χ0) is 10.1. The van der Waals surface area contributed by atoms with Crippen LogP contribution in [0.3, 0.4) is 0 Å². The van der Waals surface area contributed by atoms with Crippen LogP contribution in [-0.2, 0) is 14.3 Å². The molecule has 4 heteroatoms. The predicted molar refractivity (Wildman–Crippen MR) is 53.6 cm³/mol. The second-order valence-corrected chi connectivity index (χ2v) is 3.94. The van der Waals surface area contributed by atoms with Gasteiger partial charge in [-0.3, -0.25) is 9.59 Å². The van der Waals surface area contributed by atoms with E-state index < -0.39 is 0 Å². The van der Waals surface area contributed by atoms with Crippen LogP contribution >= 0.6 is 11.8 Å². The fourth-order valence-electron chi connectivity index (χ4n) is 0.681. The molecule has 0 aromatic rings. The number of hydrogen-bond donors (Lipinski definition) is 0. The Labute approximate surface area is 83.2 Å². The molecule has 0 aliphatic carbocycles. The van der Waals surface area contributed by atoms with Crippen LogP contribution in [0.5, 0.6) is 0 Å².